The van der Waals surface area contributed by atoms with Gasteiger partial charge >= 0.3 is 0 Å². The minimum Gasteiger partial charge on any atom is -0.304 e. The Kier molecular flexibility index (Phi) is 5.95. The Hall–Kier alpha value is -2.37. The van der Waals surface area contributed by atoms with E-state index in [1.165, 1.54) is 5.57 Å². The number of rotatable bonds is 5. The van der Waals surface area contributed by atoms with Crippen LogP contribution in [0, 0.1) is 12.8 Å². The molecule has 2 aromatic rings. The van der Waals surface area contributed by atoms with E-state index < -0.39 is 0 Å². The van der Waals surface area contributed by atoms with Gasteiger partial charge in [-0.2, -0.15) is 5.10 Å². The number of halogens is 1. The van der Waals surface area contributed by atoms with Crippen molar-refractivity contribution in [2.45, 2.75) is 38.9 Å². The molecule has 5 rings (SSSR count). The molecule has 3 aliphatic heterocycles. The Morgan fingerprint density at radius 3 is 2.84 bits per heavy atom. The average Bonchev–Trinajstić information content (AvgIpc) is 3.23. The number of fused-ring (bicyclic) bond motifs is 2. The molecular weight excluding hydrogens is 424 g/mol. The molecule has 8 heteroatoms. The molecule has 2 unspecified atom stereocenters. The predicted octanol–water partition coefficient (Wildman–Crippen LogP) is 3.92. The molecule has 0 bridgehead atoms. The highest BCUT2D eigenvalue weighted by Gasteiger charge is 2.31. The molecule has 32 heavy (non-hydrogen) atoms. The number of carbonyl (C=O) groups is 1. The molecule has 1 amide bonds. The number of alkyl halides is 1. The second-order valence-corrected chi connectivity index (χ2v) is 10.1. The number of amides is 1. The number of aromatic nitrogens is 3. The lowest BCUT2D eigenvalue weighted by atomic mass is 9.88. The van der Waals surface area contributed by atoms with E-state index in [9.17, 15) is 9.18 Å². The number of nitrogens with zero attached hydrogens (tertiary/aromatic N) is 5. The van der Waals surface area contributed by atoms with Crippen LogP contribution < -0.4 is 0 Å². The molecule has 0 spiro atoms. The van der Waals surface area contributed by atoms with Crippen LogP contribution in [0.1, 0.15) is 36.8 Å². The summed E-state index contributed by atoms with van der Waals surface area (Å²) in [5.74, 6) is 0.502. The first-order valence-electron chi connectivity index (χ1n) is 11.4. The van der Waals surface area contributed by atoms with Crippen LogP contribution in [0.5, 0.6) is 0 Å². The molecule has 3 aliphatic rings. The molecule has 0 N–H and O–H groups in total. The number of hydrogen-bond donors (Lipinski definition) is 0. The molecule has 1 fully saturated rings. The largest absolute Gasteiger partial charge is 0.304 e. The van der Waals surface area contributed by atoms with E-state index in [0.29, 0.717) is 21.0 Å². The maximum Gasteiger partial charge on any atom is 0.252 e. The van der Waals surface area contributed by atoms with Gasteiger partial charge in [0.05, 0.1) is 34.6 Å². The average molecular weight is 454 g/mol. The van der Waals surface area contributed by atoms with E-state index in [1.54, 1.807) is 6.08 Å². The third kappa shape index (κ3) is 4.04. The maximum atomic E-state index is 13.0. The highest BCUT2D eigenvalue weighted by molar-refractivity contribution is 7.51. The van der Waals surface area contributed by atoms with Gasteiger partial charge in [-0.15, -0.1) is 0 Å². The van der Waals surface area contributed by atoms with Gasteiger partial charge in [0.15, 0.2) is 0 Å². The lowest BCUT2D eigenvalue weighted by Crippen LogP contribution is -2.38. The smallest absolute Gasteiger partial charge is 0.252 e. The van der Waals surface area contributed by atoms with Gasteiger partial charge in [-0.05, 0) is 56.8 Å². The number of hydrogen-bond acceptors (Lipinski definition) is 4. The first kappa shape index (κ1) is 21.5. The summed E-state index contributed by atoms with van der Waals surface area (Å²) in [6.07, 6.45) is 13.0. The second-order valence-electron chi connectivity index (χ2n) is 8.73. The molecule has 6 nitrogen and oxygen atoms in total. The van der Waals surface area contributed by atoms with Crippen molar-refractivity contribution in [3.05, 3.63) is 59.3 Å². The van der Waals surface area contributed by atoms with E-state index in [4.69, 9.17) is 5.10 Å². The highest BCUT2D eigenvalue weighted by Crippen LogP contribution is 2.45. The molecule has 5 heterocycles. The fraction of sp³-hybridized carbons (Fsp3) is 0.458. The van der Waals surface area contributed by atoms with E-state index in [0.717, 1.165) is 60.3 Å². The fourth-order valence-corrected chi connectivity index (χ4v) is 6.20. The van der Waals surface area contributed by atoms with Crippen LogP contribution in [-0.4, -0.2) is 62.4 Å². The van der Waals surface area contributed by atoms with Crippen molar-refractivity contribution in [1.29, 1.82) is 0 Å². The number of carbonyl (C=O) groups excluding carboxylic acids is 1. The fourth-order valence-electron chi connectivity index (χ4n) is 4.87. The third-order valence-electron chi connectivity index (χ3n) is 6.61. The summed E-state index contributed by atoms with van der Waals surface area (Å²) in [7, 11) is 0.448. The Labute approximate surface area is 189 Å². The standard InChI is InChI=1S/C24H29FN5OP/c1-3-19-21-12-20(27-30(21)14-16(2)26-19)22-13-23(31)29-15-18(4-5-24(29)32-22)17-6-9-28(10-7-17)11-8-25/h4-5,12-15,17,24,32H,3,6-11H2,1-2H3. The number of aryl methyl sites for hydroxylation is 2. The summed E-state index contributed by atoms with van der Waals surface area (Å²) < 4.78 is 14.5. The van der Waals surface area contributed by atoms with Crippen LogP contribution in [0.4, 0.5) is 4.39 Å². The first-order valence-corrected chi connectivity index (χ1v) is 12.5. The van der Waals surface area contributed by atoms with Gasteiger partial charge in [0.1, 0.15) is 6.67 Å². The van der Waals surface area contributed by atoms with Gasteiger partial charge in [-0.25, -0.2) is 8.91 Å². The van der Waals surface area contributed by atoms with Gasteiger partial charge in [0.25, 0.3) is 5.91 Å². The molecule has 1 saturated heterocycles. The first-order chi connectivity index (χ1) is 15.6. The second kappa shape index (κ2) is 8.87. The summed E-state index contributed by atoms with van der Waals surface area (Å²) in [4.78, 5) is 21.7. The summed E-state index contributed by atoms with van der Waals surface area (Å²) in [6, 6.07) is 2.06. The zero-order valence-corrected chi connectivity index (χ0v) is 19.6. The van der Waals surface area contributed by atoms with Crippen LogP contribution in [0.3, 0.4) is 0 Å². The Bertz CT molecular complexity index is 1130. The van der Waals surface area contributed by atoms with Gasteiger partial charge in [0.2, 0.25) is 0 Å². The van der Waals surface area contributed by atoms with E-state index in [-0.39, 0.29) is 18.4 Å². The van der Waals surface area contributed by atoms with Crippen LogP contribution >= 0.6 is 8.58 Å². The summed E-state index contributed by atoms with van der Waals surface area (Å²) in [5.41, 5.74) is 5.06. The van der Waals surface area contributed by atoms with Crippen molar-refractivity contribution in [3.63, 3.8) is 0 Å². The van der Waals surface area contributed by atoms with Crippen molar-refractivity contribution in [2.24, 2.45) is 5.92 Å². The summed E-state index contributed by atoms with van der Waals surface area (Å²) in [5, 5.41) is 5.76. The molecule has 0 radical (unpaired) electrons. The zero-order valence-electron chi connectivity index (χ0n) is 18.6. The van der Waals surface area contributed by atoms with E-state index in [1.807, 2.05) is 22.5 Å². The van der Waals surface area contributed by atoms with Crippen molar-refractivity contribution >= 4 is 25.3 Å². The zero-order chi connectivity index (χ0) is 22.2. The minimum absolute atomic E-state index is 0.0162. The van der Waals surface area contributed by atoms with Gasteiger partial charge in [-0.3, -0.25) is 9.78 Å². The van der Waals surface area contributed by atoms with Gasteiger partial charge in [0, 0.05) is 24.1 Å². The number of allylic oxidation sites excluding steroid dienone is 2. The topological polar surface area (TPSA) is 53.7 Å². The van der Waals surface area contributed by atoms with Crippen molar-refractivity contribution in [3.8, 4) is 0 Å². The SMILES string of the molecule is CCc1nc(C)cn2nc(C3=CC(=O)N4C=C(C5CCN(CCF)CC5)C=CC4P3)cc12. The van der Waals surface area contributed by atoms with E-state index >= 15 is 0 Å². The van der Waals surface area contributed by atoms with Crippen LogP contribution in [0.15, 0.2) is 42.3 Å². The van der Waals surface area contributed by atoms with Crippen LogP contribution in [0.2, 0.25) is 0 Å². The molecule has 0 aliphatic carbocycles. The maximum absolute atomic E-state index is 13.0. The molecule has 2 aromatic heterocycles. The summed E-state index contributed by atoms with van der Waals surface area (Å²) in [6.45, 7) is 6.16. The Morgan fingerprint density at radius 1 is 1.28 bits per heavy atom. The molecular formula is C24H29FN5OP. The van der Waals surface area contributed by atoms with Crippen LogP contribution in [0.25, 0.3) is 10.8 Å². The monoisotopic (exact) mass is 453 g/mol. The van der Waals surface area contributed by atoms with Crippen molar-refractivity contribution in [2.75, 3.05) is 26.3 Å². The molecule has 2 atom stereocenters. The number of likely N-dealkylation sites (tertiary alicyclic amines) is 1. The molecule has 168 valence electrons. The normalized spacial score (nSPS) is 23.0. The van der Waals surface area contributed by atoms with Crippen molar-refractivity contribution in [1.82, 2.24) is 24.4 Å². The Morgan fingerprint density at radius 2 is 2.09 bits per heavy atom. The van der Waals surface area contributed by atoms with Crippen LogP contribution in [-0.2, 0) is 11.2 Å². The Balaban J connectivity index is 1.36. The van der Waals surface area contributed by atoms with Crippen molar-refractivity contribution < 1.29 is 9.18 Å². The third-order valence-corrected chi connectivity index (χ3v) is 8.08. The number of piperidine rings is 1. The van der Waals surface area contributed by atoms with Gasteiger partial charge in [-0.1, -0.05) is 27.7 Å². The lowest BCUT2D eigenvalue weighted by Gasteiger charge is -2.37. The minimum atomic E-state index is -0.283. The molecule has 0 aromatic carbocycles. The lowest BCUT2D eigenvalue weighted by molar-refractivity contribution is -0.123. The van der Waals surface area contributed by atoms with Gasteiger partial charge < -0.3 is 9.80 Å². The predicted molar refractivity (Wildman–Crippen MR) is 126 cm³/mol. The summed E-state index contributed by atoms with van der Waals surface area (Å²) >= 11 is 0. The quantitative estimate of drug-likeness (QED) is 0.644. The van der Waals surface area contributed by atoms with E-state index in [2.05, 4.69) is 41.2 Å². The molecule has 0 saturated carbocycles. The highest BCUT2D eigenvalue weighted by atomic mass is 31.1.